The van der Waals surface area contributed by atoms with Gasteiger partial charge in [0.25, 0.3) is 5.91 Å². The number of aliphatic hydroxyl groups excluding tert-OH is 1. The average molecular weight is 592 g/mol. The third-order valence-electron chi connectivity index (χ3n) is 8.16. The summed E-state index contributed by atoms with van der Waals surface area (Å²) in [4.78, 5) is 30.5. The summed E-state index contributed by atoms with van der Waals surface area (Å²) in [5.74, 6) is 0.0938. The van der Waals surface area contributed by atoms with Crippen LogP contribution in [0.5, 0.6) is 5.75 Å². The average Bonchev–Trinajstić information content (AvgIpc) is 3.04. The number of carbonyl (C=O) groups is 2. The quantitative estimate of drug-likeness (QED) is 0.241. The summed E-state index contributed by atoms with van der Waals surface area (Å²) in [5, 5.41) is 12.9. The molecule has 5 rings (SSSR count). The summed E-state index contributed by atoms with van der Waals surface area (Å²) in [6.45, 7) is 5.61. The normalized spacial score (nSPS) is 17.3. The third kappa shape index (κ3) is 7.73. The number of ether oxygens (including phenoxy) is 1. The number of hydrogen-bond acceptors (Lipinski definition) is 5. The number of fused-ring (bicyclic) bond motifs is 1. The molecule has 7 nitrogen and oxygen atoms in total. The lowest BCUT2D eigenvalue weighted by Gasteiger charge is -2.38. The van der Waals surface area contributed by atoms with Gasteiger partial charge in [0.15, 0.2) is 0 Å². The summed E-state index contributed by atoms with van der Waals surface area (Å²) in [6.07, 6.45) is 0.0269. The molecule has 228 valence electrons. The SMILES string of the molecule is C[C@H]1CN([C@@H](C)CO)C(=O)c2cc(NC(=O)Cc3ccccc3)ccc2O[C@H]1CN(C)Cc1ccc(-c2ccccc2)cc1. The van der Waals surface area contributed by atoms with Crippen LogP contribution in [0.1, 0.15) is 35.3 Å². The Morgan fingerprint density at radius 1 is 0.955 bits per heavy atom. The van der Waals surface area contributed by atoms with Crippen molar-refractivity contribution in [1.82, 2.24) is 9.80 Å². The molecule has 3 atom stereocenters. The first-order chi connectivity index (χ1) is 21.3. The van der Waals surface area contributed by atoms with E-state index in [0.29, 0.717) is 30.1 Å². The number of likely N-dealkylation sites (N-methyl/N-ethyl adjacent to an activating group) is 1. The fourth-order valence-corrected chi connectivity index (χ4v) is 5.62. The van der Waals surface area contributed by atoms with E-state index in [1.54, 1.807) is 23.1 Å². The van der Waals surface area contributed by atoms with Gasteiger partial charge in [0.1, 0.15) is 11.9 Å². The highest BCUT2D eigenvalue weighted by Gasteiger charge is 2.33. The minimum atomic E-state index is -0.367. The van der Waals surface area contributed by atoms with E-state index in [2.05, 4.69) is 60.6 Å². The highest BCUT2D eigenvalue weighted by atomic mass is 16.5. The van der Waals surface area contributed by atoms with Gasteiger partial charge in [0.2, 0.25) is 5.91 Å². The molecule has 0 saturated heterocycles. The van der Waals surface area contributed by atoms with Gasteiger partial charge in [-0.1, -0.05) is 91.9 Å². The number of carbonyl (C=O) groups excluding carboxylic acids is 2. The molecule has 4 aromatic carbocycles. The molecule has 1 heterocycles. The summed E-state index contributed by atoms with van der Waals surface area (Å²) < 4.78 is 6.56. The molecular weight excluding hydrogens is 550 g/mol. The Hall–Kier alpha value is -4.46. The zero-order valence-corrected chi connectivity index (χ0v) is 25.6. The van der Waals surface area contributed by atoms with Crippen LogP contribution in [0.25, 0.3) is 11.1 Å². The number of anilines is 1. The van der Waals surface area contributed by atoms with Crippen molar-refractivity contribution in [1.29, 1.82) is 0 Å². The number of aliphatic hydroxyl groups is 1. The van der Waals surface area contributed by atoms with Crippen LogP contribution < -0.4 is 10.1 Å². The Bertz CT molecular complexity index is 1540. The summed E-state index contributed by atoms with van der Waals surface area (Å²) >= 11 is 0. The van der Waals surface area contributed by atoms with Gasteiger partial charge in [-0.25, -0.2) is 0 Å². The molecule has 0 aromatic heterocycles. The Kier molecular flexibility index (Phi) is 10.1. The van der Waals surface area contributed by atoms with E-state index in [9.17, 15) is 14.7 Å². The van der Waals surface area contributed by atoms with Crippen LogP contribution in [0.3, 0.4) is 0 Å². The van der Waals surface area contributed by atoms with Crippen molar-refractivity contribution in [3.63, 3.8) is 0 Å². The van der Waals surface area contributed by atoms with Crippen LogP contribution in [0, 0.1) is 5.92 Å². The minimum Gasteiger partial charge on any atom is -0.488 e. The van der Waals surface area contributed by atoms with Gasteiger partial charge in [-0.2, -0.15) is 0 Å². The molecule has 0 aliphatic carbocycles. The van der Waals surface area contributed by atoms with Crippen molar-refractivity contribution in [3.05, 3.63) is 120 Å². The van der Waals surface area contributed by atoms with Crippen LogP contribution in [-0.4, -0.2) is 65.6 Å². The summed E-state index contributed by atoms with van der Waals surface area (Å²) in [7, 11) is 2.07. The topological polar surface area (TPSA) is 82.1 Å². The van der Waals surface area contributed by atoms with Crippen LogP contribution in [-0.2, 0) is 17.8 Å². The number of hydrogen-bond donors (Lipinski definition) is 2. The number of amides is 2. The smallest absolute Gasteiger partial charge is 0.258 e. The van der Waals surface area contributed by atoms with Crippen molar-refractivity contribution in [2.75, 3.05) is 32.1 Å². The number of rotatable bonds is 10. The Morgan fingerprint density at radius 2 is 1.61 bits per heavy atom. The molecule has 0 radical (unpaired) electrons. The third-order valence-corrected chi connectivity index (χ3v) is 8.16. The Balaban J connectivity index is 1.32. The predicted molar refractivity (Wildman–Crippen MR) is 175 cm³/mol. The molecule has 44 heavy (non-hydrogen) atoms. The lowest BCUT2D eigenvalue weighted by molar-refractivity contribution is -0.115. The van der Waals surface area contributed by atoms with Gasteiger partial charge in [0, 0.05) is 31.2 Å². The molecule has 4 aromatic rings. The largest absolute Gasteiger partial charge is 0.488 e. The van der Waals surface area contributed by atoms with E-state index in [1.165, 1.54) is 16.7 Å². The second-order valence-electron chi connectivity index (χ2n) is 11.8. The van der Waals surface area contributed by atoms with Crippen LogP contribution >= 0.6 is 0 Å². The minimum absolute atomic E-state index is 0.00857. The van der Waals surface area contributed by atoms with Gasteiger partial charge in [-0.15, -0.1) is 0 Å². The molecule has 2 amide bonds. The van der Waals surface area contributed by atoms with Gasteiger partial charge < -0.3 is 20.1 Å². The fraction of sp³-hybridized carbons (Fsp3) is 0.297. The van der Waals surface area contributed by atoms with E-state index >= 15 is 0 Å². The monoisotopic (exact) mass is 591 g/mol. The Morgan fingerprint density at radius 3 is 2.30 bits per heavy atom. The number of benzene rings is 4. The Labute approximate surface area is 260 Å². The van der Waals surface area contributed by atoms with Crippen LogP contribution in [0.4, 0.5) is 5.69 Å². The first-order valence-corrected chi connectivity index (χ1v) is 15.2. The van der Waals surface area contributed by atoms with E-state index in [-0.39, 0.29) is 42.9 Å². The van der Waals surface area contributed by atoms with Gasteiger partial charge in [-0.05, 0) is 54.4 Å². The number of nitrogens with zero attached hydrogens (tertiary/aromatic N) is 2. The first-order valence-electron chi connectivity index (χ1n) is 15.2. The summed E-state index contributed by atoms with van der Waals surface area (Å²) in [5.41, 5.74) is 5.39. The van der Waals surface area contributed by atoms with Crippen molar-refractivity contribution in [3.8, 4) is 16.9 Å². The first kappa shape index (κ1) is 31.0. The molecule has 0 saturated carbocycles. The predicted octanol–water partition coefficient (Wildman–Crippen LogP) is 5.89. The van der Waals surface area contributed by atoms with E-state index < -0.39 is 0 Å². The van der Waals surface area contributed by atoms with E-state index in [0.717, 1.165) is 12.1 Å². The summed E-state index contributed by atoms with van der Waals surface area (Å²) in [6, 6.07) is 33.3. The van der Waals surface area contributed by atoms with Crippen molar-refractivity contribution >= 4 is 17.5 Å². The zero-order chi connectivity index (χ0) is 31.1. The molecule has 0 spiro atoms. The van der Waals surface area contributed by atoms with Crippen molar-refractivity contribution in [2.45, 2.75) is 39.0 Å². The maximum absolute atomic E-state index is 13.8. The fourth-order valence-electron chi connectivity index (χ4n) is 5.62. The highest BCUT2D eigenvalue weighted by Crippen LogP contribution is 2.31. The molecule has 0 unspecified atom stereocenters. The highest BCUT2D eigenvalue weighted by molar-refractivity contribution is 6.00. The number of nitrogens with one attached hydrogen (secondary N) is 1. The van der Waals surface area contributed by atoms with Crippen molar-refractivity contribution in [2.24, 2.45) is 5.92 Å². The molecule has 0 fully saturated rings. The molecule has 0 bridgehead atoms. The standard InChI is InChI=1S/C37H41N3O4/c1-26-22-40(27(2)25-41)37(43)33-21-32(38-36(42)20-28-10-6-4-7-11-28)18-19-34(33)44-35(26)24-39(3)23-29-14-16-31(17-15-29)30-12-8-5-9-13-30/h4-19,21,26-27,35,41H,20,22-25H2,1-3H3,(H,38,42)/t26-,27-,35-/m0/s1. The maximum Gasteiger partial charge on any atom is 0.258 e. The van der Waals surface area contributed by atoms with Crippen LogP contribution in [0.15, 0.2) is 103 Å². The molecule has 2 N–H and O–H groups in total. The van der Waals surface area contributed by atoms with Gasteiger partial charge in [-0.3, -0.25) is 14.5 Å². The zero-order valence-electron chi connectivity index (χ0n) is 25.6. The molecule has 1 aliphatic rings. The molecule has 1 aliphatic heterocycles. The van der Waals surface area contributed by atoms with Gasteiger partial charge >= 0.3 is 0 Å². The lowest BCUT2D eigenvalue weighted by atomic mass is 9.99. The lowest BCUT2D eigenvalue weighted by Crippen LogP contribution is -2.49. The second-order valence-corrected chi connectivity index (χ2v) is 11.8. The van der Waals surface area contributed by atoms with E-state index in [4.69, 9.17) is 4.74 Å². The van der Waals surface area contributed by atoms with Crippen LogP contribution in [0.2, 0.25) is 0 Å². The van der Waals surface area contributed by atoms with Crippen molar-refractivity contribution < 1.29 is 19.4 Å². The maximum atomic E-state index is 13.8. The van der Waals surface area contributed by atoms with E-state index in [1.807, 2.05) is 55.5 Å². The molecular formula is C37H41N3O4. The second kappa shape index (κ2) is 14.3. The van der Waals surface area contributed by atoms with Gasteiger partial charge in [0.05, 0.1) is 24.6 Å². The molecule has 7 heteroatoms.